The molecule has 3 unspecified atom stereocenters. The number of hydrogen-bond acceptors (Lipinski definition) is 3. The van der Waals surface area contributed by atoms with E-state index in [1.54, 1.807) is 0 Å². The molecule has 1 aliphatic rings. The Labute approximate surface area is 129 Å². The molecule has 0 spiro atoms. The summed E-state index contributed by atoms with van der Waals surface area (Å²) in [6, 6.07) is 10.1. The lowest BCUT2D eigenvalue weighted by molar-refractivity contribution is 0.136. The fraction of sp³-hybridized carbons (Fsp3) is 0.667. The van der Waals surface area contributed by atoms with Crippen LogP contribution in [0.3, 0.4) is 0 Å². The van der Waals surface area contributed by atoms with Crippen LogP contribution >= 0.6 is 0 Å². The van der Waals surface area contributed by atoms with Gasteiger partial charge in [-0.15, -0.1) is 0 Å². The van der Waals surface area contributed by atoms with Crippen molar-refractivity contribution in [3.63, 3.8) is 0 Å². The van der Waals surface area contributed by atoms with Crippen molar-refractivity contribution in [3.05, 3.63) is 29.8 Å². The zero-order valence-corrected chi connectivity index (χ0v) is 13.9. The molecule has 0 saturated carbocycles. The molecule has 0 amide bonds. The summed E-state index contributed by atoms with van der Waals surface area (Å²) in [5.74, 6) is 0.936. The highest BCUT2D eigenvalue weighted by Crippen LogP contribution is 2.35. The van der Waals surface area contributed by atoms with Crippen LogP contribution in [0.25, 0.3) is 0 Å². The number of benzene rings is 1. The topological polar surface area (TPSA) is 38.5 Å². The van der Waals surface area contributed by atoms with Crippen LogP contribution in [0.4, 0.5) is 0 Å². The van der Waals surface area contributed by atoms with Gasteiger partial charge in [-0.3, -0.25) is 4.90 Å². The van der Waals surface area contributed by atoms with E-state index in [9.17, 15) is 0 Å². The monoisotopic (exact) mass is 290 g/mol. The summed E-state index contributed by atoms with van der Waals surface area (Å²) >= 11 is 0. The Bertz CT molecular complexity index is 429. The number of ether oxygens (including phenoxy) is 1. The van der Waals surface area contributed by atoms with Gasteiger partial charge >= 0.3 is 0 Å². The standard InChI is InChI=1S/C18H30N2O/c1-5-16-9-6-14(4)20(16)18(12-19)15-7-10-17(11-8-15)21-13(2)3/h7-8,10-11,13-14,16,18H,5-6,9,12,19H2,1-4H3. The van der Waals surface area contributed by atoms with Crippen LogP contribution in [0.1, 0.15) is 58.6 Å². The molecule has 0 bridgehead atoms. The van der Waals surface area contributed by atoms with Gasteiger partial charge in [0, 0.05) is 24.7 Å². The summed E-state index contributed by atoms with van der Waals surface area (Å²) in [6.07, 6.45) is 3.99. The Kier molecular flexibility index (Phi) is 5.65. The molecule has 1 fully saturated rings. The number of nitrogens with two attached hydrogens (primary N) is 1. The zero-order chi connectivity index (χ0) is 15.4. The Balaban J connectivity index is 2.16. The normalized spacial score (nSPS) is 24.5. The molecule has 0 radical (unpaired) electrons. The van der Waals surface area contributed by atoms with Gasteiger partial charge in [-0.2, -0.15) is 0 Å². The first kappa shape index (κ1) is 16.3. The van der Waals surface area contributed by atoms with E-state index in [0.29, 0.717) is 24.7 Å². The minimum absolute atomic E-state index is 0.212. The maximum absolute atomic E-state index is 6.11. The molecule has 3 nitrogen and oxygen atoms in total. The second-order valence-corrected chi connectivity index (χ2v) is 6.42. The quantitative estimate of drug-likeness (QED) is 0.867. The molecular weight excluding hydrogens is 260 g/mol. The highest BCUT2D eigenvalue weighted by atomic mass is 16.5. The van der Waals surface area contributed by atoms with E-state index in [-0.39, 0.29) is 6.10 Å². The van der Waals surface area contributed by atoms with Gasteiger partial charge in [0.15, 0.2) is 0 Å². The molecule has 0 aliphatic carbocycles. The average molecular weight is 290 g/mol. The molecule has 1 heterocycles. The van der Waals surface area contributed by atoms with Gasteiger partial charge in [-0.25, -0.2) is 0 Å². The van der Waals surface area contributed by atoms with Crippen molar-refractivity contribution in [1.29, 1.82) is 0 Å². The summed E-state index contributed by atoms with van der Waals surface area (Å²) in [5, 5.41) is 0. The molecule has 0 aromatic heterocycles. The SMILES string of the molecule is CCC1CCC(C)N1C(CN)c1ccc(OC(C)C)cc1. The van der Waals surface area contributed by atoms with Crippen molar-refractivity contribution in [2.75, 3.05) is 6.54 Å². The Morgan fingerprint density at radius 1 is 1.24 bits per heavy atom. The van der Waals surface area contributed by atoms with E-state index in [0.717, 1.165) is 5.75 Å². The van der Waals surface area contributed by atoms with E-state index in [4.69, 9.17) is 10.5 Å². The van der Waals surface area contributed by atoms with Gasteiger partial charge in [0.1, 0.15) is 5.75 Å². The van der Waals surface area contributed by atoms with E-state index in [2.05, 4.69) is 43.0 Å². The van der Waals surface area contributed by atoms with Gasteiger partial charge in [-0.1, -0.05) is 19.1 Å². The van der Waals surface area contributed by atoms with Gasteiger partial charge in [-0.05, 0) is 57.7 Å². The molecule has 1 aromatic carbocycles. The number of likely N-dealkylation sites (tertiary alicyclic amines) is 1. The Hall–Kier alpha value is -1.06. The van der Waals surface area contributed by atoms with E-state index in [1.165, 1.54) is 24.8 Å². The van der Waals surface area contributed by atoms with Gasteiger partial charge in [0.2, 0.25) is 0 Å². The van der Waals surface area contributed by atoms with Gasteiger partial charge in [0.05, 0.1) is 6.10 Å². The first-order chi connectivity index (χ1) is 10.1. The maximum atomic E-state index is 6.11. The molecule has 3 heteroatoms. The summed E-state index contributed by atoms with van der Waals surface area (Å²) < 4.78 is 5.73. The van der Waals surface area contributed by atoms with Gasteiger partial charge < -0.3 is 10.5 Å². The van der Waals surface area contributed by atoms with Crippen LogP contribution < -0.4 is 10.5 Å². The fourth-order valence-corrected chi connectivity index (χ4v) is 3.54. The molecule has 21 heavy (non-hydrogen) atoms. The van der Waals surface area contributed by atoms with Crippen LogP contribution in [0, 0.1) is 0 Å². The lowest BCUT2D eigenvalue weighted by Crippen LogP contribution is -2.41. The van der Waals surface area contributed by atoms with E-state index in [1.807, 2.05) is 13.8 Å². The van der Waals surface area contributed by atoms with Crippen LogP contribution in [-0.4, -0.2) is 29.6 Å². The van der Waals surface area contributed by atoms with Crippen molar-refractivity contribution in [3.8, 4) is 5.75 Å². The van der Waals surface area contributed by atoms with Crippen LogP contribution in [0.5, 0.6) is 5.75 Å². The second-order valence-electron chi connectivity index (χ2n) is 6.42. The minimum Gasteiger partial charge on any atom is -0.491 e. The van der Waals surface area contributed by atoms with Crippen LogP contribution in [0.2, 0.25) is 0 Å². The molecule has 2 rings (SSSR count). The molecule has 1 saturated heterocycles. The van der Waals surface area contributed by atoms with Gasteiger partial charge in [0.25, 0.3) is 0 Å². The third kappa shape index (κ3) is 3.78. The molecule has 2 N–H and O–H groups in total. The molecule has 3 atom stereocenters. The van der Waals surface area contributed by atoms with Crippen molar-refractivity contribution >= 4 is 0 Å². The predicted molar refractivity (Wildman–Crippen MR) is 88.6 cm³/mol. The van der Waals surface area contributed by atoms with Crippen molar-refractivity contribution < 1.29 is 4.74 Å². The summed E-state index contributed by atoms with van der Waals surface area (Å²) in [6.45, 7) is 9.38. The summed E-state index contributed by atoms with van der Waals surface area (Å²) in [4.78, 5) is 2.62. The fourth-order valence-electron chi connectivity index (χ4n) is 3.54. The van der Waals surface area contributed by atoms with E-state index < -0.39 is 0 Å². The third-order valence-corrected chi connectivity index (χ3v) is 4.54. The zero-order valence-electron chi connectivity index (χ0n) is 13.9. The minimum atomic E-state index is 0.212. The highest BCUT2D eigenvalue weighted by Gasteiger charge is 2.34. The molecule has 118 valence electrons. The maximum Gasteiger partial charge on any atom is 0.119 e. The summed E-state index contributed by atoms with van der Waals surface area (Å²) in [7, 11) is 0. The molecular formula is C18H30N2O. The van der Waals surface area contributed by atoms with Crippen molar-refractivity contribution in [2.45, 2.75) is 71.2 Å². The molecule has 1 aliphatic heterocycles. The Morgan fingerprint density at radius 2 is 1.90 bits per heavy atom. The van der Waals surface area contributed by atoms with Crippen molar-refractivity contribution in [1.82, 2.24) is 4.90 Å². The Morgan fingerprint density at radius 3 is 2.43 bits per heavy atom. The average Bonchev–Trinajstić information content (AvgIpc) is 2.82. The molecule has 1 aromatic rings. The highest BCUT2D eigenvalue weighted by molar-refractivity contribution is 5.30. The second kappa shape index (κ2) is 7.28. The first-order valence-electron chi connectivity index (χ1n) is 8.30. The first-order valence-corrected chi connectivity index (χ1v) is 8.30. The predicted octanol–water partition coefficient (Wildman–Crippen LogP) is 3.74. The third-order valence-electron chi connectivity index (χ3n) is 4.54. The lowest BCUT2D eigenvalue weighted by Gasteiger charge is -2.35. The van der Waals surface area contributed by atoms with E-state index >= 15 is 0 Å². The number of hydrogen-bond donors (Lipinski definition) is 1. The number of nitrogens with zero attached hydrogens (tertiary/aromatic N) is 1. The van der Waals surface area contributed by atoms with Crippen molar-refractivity contribution in [2.24, 2.45) is 5.73 Å². The van der Waals surface area contributed by atoms with Crippen LogP contribution in [0.15, 0.2) is 24.3 Å². The lowest BCUT2D eigenvalue weighted by atomic mass is 10.0. The summed E-state index contributed by atoms with van der Waals surface area (Å²) in [5.41, 5.74) is 7.42. The number of rotatable bonds is 6. The van der Waals surface area contributed by atoms with Crippen LogP contribution in [-0.2, 0) is 0 Å². The smallest absolute Gasteiger partial charge is 0.119 e. The largest absolute Gasteiger partial charge is 0.491 e.